The number of sulfonamides is 1. The zero-order valence-electron chi connectivity index (χ0n) is 23.4. The van der Waals surface area contributed by atoms with Gasteiger partial charge >= 0.3 is 0 Å². The molecule has 0 aromatic heterocycles. The second-order valence-electron chi connectivity index (χ2n) is 11.7. The second kappa shape index (κ2) is 13.0. The van der Waals surface area contributed by atoms with Crippen molar-refractivity contribution < 1.29 is 8.42 Å². The molecule has 7 heteroatoms. The number of benzene rings is 3. The minimum absolute atomic E-state index is 0.142. The standard InChI is InChI=1S/C33H40Cl2N2O2S/c1-36(40(38,39)31-23-29(34)22-30(35)24-31)25-33(17-14-28-12-5-6-13-32(28)33)18-21-37-19-15-27(16-20-37)11-7-10-26-8-3-2-4-9-26/h2-6,8-9,12-13,22-24,27H,7,10-11,14-21,25H2,1H3. The van der Waals surface area contributed by atoms with Gasteiger partial charge in [-0.05, 0) is 105 Å². The minimum Gasteiger partial charge on any atom is -0.303 e. The van der Waals surface area contributed by atoms with Gasteiger partial charge in [-0.2, -0.15) is 0 Å². The fraction of sp³-hybridized carbons (Fsp3) is 0.455. The van der Waals surface area contributed by atoms with Crippen LogP contribution in [0.25, 0.3) is 0 Å². The van der Waals surface area contributed by atoms with E-state index < -0.39 is 10.0 Å². The highest BCUT2D eigenvalue weighted by Crippen LogP contribution is 2.43. The van der Waals surface area contributed by atoms with Crippen molar-refractivity contribution in [1.82, 2.24) is 9.21 Å². The van der Waals surface area contributed by atoms with Gasteiger partial charge in [0.15, 0.2) is 0 Å². The molecule has 3 aromatic rings. The van der Waals surface area contributed by atoms with Crippen LogP contribution in [-0.4, -0.2) is 50.8 Å². The van der Waals surface area contributed by atoms with Crippen LogP contribution < -0.4 is 0 Å². The highest BCUT2D eigenvalue weighted by Gasteiger charge is 2.41. The van der Waals surface area contributed by atoms with Crippen LogP contribution >= 0.6 is 23.2 Å². The molecule has 1 saturated heterocycles. The van der Waals surface area contributed by atoms with Crippen molar-refractivity contribution in [2.24, 2.45) is 5.92 Å². The van der Waals surface area contributed by atoms with Gasteiger partial charge in [0.25, 0.3) is 0 Å². The summed E-state index contributed by atoms with van der Waals surface area (Å²) in [5.41, 5.74) is 3.87. The molecule has 1 unspecified atom stereocenters. The van der Waals surface area contributed by atoms with Gasteiger partial charge in [0.1, 0.15) is 0 Å². The lowest BCUT2D eigenvalue weighted by atomic mass is 9.78. The molecule has 1 atom stereocenters. The Kier molecular flexibility index (Phi) is 9.59. The zero-order chi connectivity index (χ0) is 28.2. The molecule has 3 aromatic carbocycles. The van der Waals surface area contributed by atoms with Crippen LogP contribution in [0, 0.1) is 5.92 Å². The van der Waals surface area contributed by atoms with Gasteiger partial charge in [0.2, 0.25) is 10.0 Å². The number of halogens is 2. The van der Waals surface area contributed by atoms with Gasteiger partial charge in [-0.1, -0.05) is 84.2 Å². The Morgan fingerprint density at radius 1 is 0.950 bits per heavy atom. The predicted molar refractivity (Wildman–Crippen MR) is 166 cm³/mol. The Balaban J connectivity index is 1.22. The molecule has 0 bridgehead atoms. The van der Waals surface area contributed by atoms with Crippen molar-refractivity contribution in [2.75, 3.05) is 33.2 Å². The number of rotatable bonds is 11. The highest BCUT2D eigenvalue weighted by molar-refractivity contribution is 7.89. The van der Waals surface area contributed by atoms with Crippen LogP contribution in [0.4, 0.5) is 0 Å². The lowest BCUT2D eigenvalue weighted by Crippen LogP contribution is -2.44. The first kappa shape index (κ1) is 29.6. The van der Waals surface area contributed by atoms with Crippen molar-refractivity contribution >= 4 is 33.2 Å². The minimum atomic E-state index is -3.74. The quantitative estimate of drug-likeness (QED) is 0.228. The van der Waals surface area contributed by atoms with E-state index in [-0.39, 0.29) is 10.3 Å². The van der Waals surface area contributed by atoms with Gasteiger partial charge < -0.3 is 4.90 Å². The molecule has 214 valence electrons. The van der Waals surface area contributed by atoms with Crippen molar-refractivity contribution in [2.45, 2.75) is 61.7 Å². The Morgan fingerprint density at radius 2 is 1.62 bits per heavy atom. The summed E-state index contributed by atoms with van der Waals surface area (Å²) in [5, 5.41) is 0.646. The van der Waals surface area contributed by atoms with Gasteiger partial charge in [0, 0.05) is 29.1 Å². The largest absolute Gasteiger partial charge is 0.303 e. The summed E-state index contributed by atoms with van der Waals surface area (Å²) in [6.07, 6.45) is 9.11. The molecule has 4 nitrogen and oxygen atoms in total. The molecule has 0 radical (unpaired) electrons. The third-order valence-electron chi connectivity index (χ3n) is 9.07. The molecule has 5 rings (SSSR count). The Labute approximate surface area is 250 Å². The summed E-state index contributed by atoms with van der Waals surface area (Å²) >= 11 is 12.3. The molecule has 0 amide bonds. The smallest absolute Gasteiger partial charge is 0.242 e. The predicted octanol–water partition coefficient (Wildman–Crippen LogP) is 7.62. The monoisotopic (exact) mass is 598 g/mol. The van der Waals surface area contributed by atoms with E-state index in [1.165, 1.54) is 65.2 Å². The normalized spacial score (nSPS) is 20.2. The molecule has 1 aliphatic carbocycles. The molecule has 1 aliphatic heterocycles. The van der Waals surface area contributed by atoms with E-state index in [9.17, 15) is 8.42 Å². The number of aryl methyl sites for hydroxylation is 2. The first-order valence-corrected chi connectivity index (χ1v) is 16.7. The first-order valence-electron chi connectivity index (χ1n) is 14.5. The molecule has 0 N–H and O–H groups in total. The summed E-state index contributed by atoms with van der Waals surface area (Å²) in [4.78, 5) is 2.74. The molecule has 1 heterocycles. The third-order valence-corrected chi connectivity index (χ3v) is 11.3. The molecule has 40 heavy (non-hydrogen) atoms. The van der Waals surface area contributed by atoms with Crippen LogP contribution in [-0.2, 0) is 28.3 Å². The maximum Gasteiger partial charge on any atom is 0.242 e. The van der Waals surface area contributed by atoms with Crippen molar-refractivity contribution in [3.63, 3.8) is 0 Å². The maximum absolute atomic E-state index is 13.6. The van der Waals surface area contributed by atoms with Crippen molar-refractivity contribution in [3.05, 3.63) is 99.5 Å². The average Bonchev–Trinajstić information content (AvgIpc) is 3.31. The maximum atomic E-state index is 13.6. The number of likely N-dealkylation sites (tertiary alicyclic amines) is 1. The molecular weight excluding hydrogens is 559 g/mol. The van der Waals surface area contributed by atoms with E-state index in [1.54, 1.807) is 13.1 Å². The number of hydrogen-bond acceptors (Lipinski definition) is 3. The lowest BCUT2D eigenvalue weighted by molar-refractivity contribution is 0.158. The Hall–Kier alpha value is -1.89. The van der Waals surface area contributed by atoms with E-state index in [2.05, 4.69) is 59.5 Å². The van der Waals surface area contributed by atoms with E-state index >= 15 is 0 Å². The molecule has 1 fully saturated rings. The summed E-state index contributed by atoms with van der Waals surface area (Å²) in [6.45, 7) is 3.68. The zero-order valence-corrected chi connectivity index (χ0v) is 25.7. The number of likely N-dealkylation sites (N-methyl/N-ethyl adjacent to an activating group) is 1. The Bertz CT molecular complexity index is 1370. The number of nitrogens with zero attached hydrogens (tertiary/aromatic N) is 2. The Morgan fingerprint density at radius 3 is 2.35 bits per heavy atom. The summed E-state index contributed by atoms with van der Waals surface area (Å²) in [5.74, 6) is 0.807. The van der Waals surface area contributed by atoms with Gasteiger partial charge in [-0.3, -0.25) is 0 Å². The SMILES string of the molecule is CN(CC1(CCN2CCC(CCCc3ccccc3)CC2)CCc2ccccc21)S(=O)(=O)c1cc(Cl)cc(Cl)c1. The molecule has 0 spiro atoms. The first-order chi connectivity index (χ1) is 19.2. The van der Waals surface area contributed by atoms with Crippen molar-refractivity contribution in [3.8, 4) is 0 Å². The summed E-state index contributed by atoms with van der Waals surface area (Å²) in [7, 11) is -2.05. The van der Waals surface area contributed by atoms with E-state index in [1.807, 2.05) is 0 Å². The summed E-state index contributed by atoms with van der Waals surface area (Å²) in [6, 6.07) is 23.9. The van der Waals surface area contributed by atoms with Crippen LogP contribution in [0.3, 0.4) is 0 Å². The van der Waals surface area contributed by atoms with Crippen LogP contribution in [0.1, 0.15) is 55.2 Å². The number of hydrogen-bond donors (Lipinski definition) is 0. The van der Waals surface area contributed by atoms with E-state index in [0.29, 0.717) is 16.6 Å². The van der Waals surface area contributed by atoms with Crippen molar-refractivity contribution in [1.29, 1.82) is 0 Å². The fourth-order valence-corrected chi connectivity index (χ4v) is 8.73. The van der Waals surface area contributed by atoms with Crippen LogP contribution in [0.5, 0.6) is 0 Å². The molecule has 2 aliphatic rings. The van der Waals surface area contributed by atoms with Crippen LogP contribution in [0.2, 0.25) is 10.0 Å². The fourth-order valence-electron chi connectivity index (χ4n) is 6.75. The highest BCUT2D eigenvalue weighted by atomic mass is 35.5. The van der Waals surface area contributed by atoms with Gasteiger partial charge in [0.05, 0.1) is 4.90 Å². The van der Waals surface area contributed by atoms with Gasteiger partial charge in [-0.15, -0.1) is 0 Å². The topological polar surface area (TPSA) is 40.6 Å². The average molecular weight is 600 g/mol. The molecule has 0 saturated carbocycles. The second-order valence-corrected chi connectivity index (χ2v) is 14.6. The third kappa shape index (κ3) is 6.94. The number of fused-ring (bicyclic) bond motifs is 1. The lowest BCUT2D eigenvalue weighted by Gasteiger charge is -2.38. The van der Waals surface area contributed by atoms with Crippen LogP contribution in [0.15, 0.2) is 77.7 Å². The summed E-state index contributed by atoms with van der Waals surface area (Å²) < 4.78 is 28.7. The number of piperidine rings is 1. The molecular formula is C33H40Cl2N2O2S. The van der Waals surface area contributed by atoms with E-state index in [0.717, 1.165) is 44.8 Å². The van der Waals surface area contributed by atoms with E-state index in [4.69, 9.17) is 23.2 Å². The van der Waals surface area contributed by atoms with Gasteiger partial charge in [-0.25, -0.2) is 12.7 Å².